The molecule has 2 aromatic carbocycles. The van der Waals surface area contributed by atoms with Crippen LogP contribution in [0.25, 0.3) is 22.0 Å². The SMILES string of the molecule is COc1ccc(CN(Cc2ccc(OC)cc2OC)c2nc(-c3cnccc3C)cc3cc(NC(=O)C4C(C)C4CO)ncc23)c(OC)c1. The molecule has 0 bridgehead atoms. The van der Waals surface area contributed by atoms with Crippen molar-refractivity contribution in [3.8, 4) is 34.3 Å². The predicted molar refractivity (Wildman–Crippen MR) is 188 cm³/mol. The molecule has 6 rings (SSSR count). The smallest absolute Gasteiger partial charge is 0.229 e. The highest BCUT2D eigenvalue weighted by molar-refractivity contribution is 5.99. The first-order valence-corrected chi connectivity index (χ1v) is 16.1. The molecule has 0 saturated heterocycles. The van der Waals surface area contributed by atoms with E-state index in [0.29, 0.717) is 47.7 Å². The Morgan fingerprint density at radius 2 is 1.53 bits per heavy atom. The number of carbonyl (C=O) groups excluding carboxylic acids is 1. The van der Waals surface area contributed by atoms with Crippen molar-refractivity contribution < 1.29 is 28.8 Å². The fraction of sp³-hybridized carbons (Fsp3) is 0.316. The Bertz CT molecular complexity index is 1930. The molecular formula is C38H41N5O6. The average molecular weight is 664 g/mol. The lowest BCUT2D eigenvalue weighted by Crippen LogP contribution is -2.24. The maximum atomic E-state index is 13.1. The first-order chi connectivity index (χ1) is 23.8. The van der Waals surface area contributed by atoms with Crippen molar-refractivity contribution in [1.82, 2.24) is 15.0 Å². The van der Waals surface area contributed by atoms with E-state index in [-0.39, 0.29) is 30.3 Å². The normalized spacial score (nSPS) is 16.6. The molecule has 0 spiro atoms. The number of nitrogens with zero attached hydrogens (tertiary/aromatic N) is 4. The zero-order chi connectivity index (χ0) is 34.7. The number of anilines is 2. The first-order valence-electron chi connectivity index (χ1n) is 16.1. The fourth-order valence-electron chi connectivity index (χ4n) is 6.36. The Morgan fingerprint density at radius 1 is 0.878 bits per heavy atom. The fourth-order valence-corrected chi connectivity index (χ4v) is 6.36. The van der Waals surface area contributed by atoms with Crippen LogP contribution in [0.5, 0.6) is 23.0 Å². The second-order valence-corrected chi connectivity index (χ2v) is 12.2. The minimum atomic E-state index is -0.237. The summed E-state index contributed by atoms with van der Waals surface area (Å²) in [4.78, 5) is 29.6. The summed E-state index contributed by atoms with van der Waals surface area (Å²) >= 11 is 0. The van der Waals surface area contributed by atoms with E-state index in [1.54, 1.807) is 40.8 Å². The van der Waals surface area contributed by atoms with Gasteiger partial charge in [0.1, 0.15) is 34.6 Å². The molecule has 3 heterocycles. The summed E-state index contributed by atoms with van der Waals surface area (Å²) in [6.07, 6.45) is 5.32. The molecule has 1 aliphatic rings. The number of methoxy groups -OCH3 is 4. The number of hydrogen-bond acceptors (Lipinski definition) is 10. The van der Waals surface area contributed by atoms with Gasteiger partial charge in [0.2, 0.25) is 5.91 Å². The van der Waals surface area contributed by atoms with Gasteiger partial charge in [-0.2, -0.15) is 0 Å². The number of pyridine rings is 3. The number of ether oxygens (including phenoxy) is 4. The molecule has 1 aliphatic carbocycles. The number of hydrogen-bond donors (Lipinski definition) is 2. The zero-order valence-electron chi connectivity index (χ0n) is 28.6. The number of aryl methyl sites for hydroxylation is 1. The Labute approximate surface area is 285 Å². The van der Waals surface area contributed by atoms with E-state index in [1.165, 1.54) is 0 Å². The Hall–Kier alpha value is -5.42. The average Bonchev–Trinajstić information content (AvgIpc) is 3.80. The van der Waals surface area contributed by atoms with Gasteiger partial charge < -0.3 is 34.3 Å². The van der Waals surface area contributed by atoms with Crippen molar-refractivity contribution in [2.45, 2.75) is 26.9 Å². The first kappa shape index (κ1) is 33.5. The largest absolute Gasteiger partial charge is 0.497 e. The number of rotatable bonds is 13. The molecule has 5 aromatic rings. The molecule has 1 fully saturated rings. The quantitative estimate of drug-likeness (QED) is 0.154. The molecule has 0 radical (unpaired) electrons. The molecule has 254 valence electrons. The summed E-state index contributed by atoms with van der Waals surface area (Å²) in [5, 5.41) is 14.2. The van der Waals surface area contributed by atoms with Crippen LogP contribution in [0, 0.1) is 24.7 Å². The highest BCUT2D eigenvalue weighted by Crippen LogP contribution is 2.46. The monoisotopic (exact) mass is 663 g/mol. The number of fused-ring (bicyclic) bond motifs is 1. The third-order valence-electron chi connectivity index (χ3n) is 9.35. The van der Waals surface area contributed by atoms with Gasteiger partial charge in [-0.05, 0) is 72.2 Å². The lowest BCUT2D eigenvalue weighted by atomic mass is 10.0. The molecule has 3 aromatic heterocycles. The van der Waals surface area contributed by atoms with Crippen molar-refractivity contribution in [3.63, 3.8) is 0 Å². The topological polar surface area (TPSA) is 128 Å². The third kappa shape index (κ3) is 6.93. The summed E-state index contributed by atoms with van der Waals surface area (Å²) in [5.74, 6) is 3.54. The van der Waals surface area contributed by atoms with Gasteiger partial charge >= 0.3 is 0 Å². The molecule has 49 heavy (non-hydrogen) atoms. The molecule has 3 unspecified atom stereocenters. The molecule has 2 N–H and O–H groups in total. The number of benzene rings is 2. The van der Waals surface area contributed by atoms with E-state index in [2.05, 4.69) is 20.2 Å². The molecular weight excluding hydrogens is 622 g/mol. The summed E-state index contributed by atoms with van der Waals surface area (Å²) in [6, 6.07) is 17.3. The van der Waals surface area contributed by atoms with Gasteiger partial charge in [0, 0.05) is 78.4 Å². The second-order valence-electron chi connectivity index (χ2n) is 12.2. The van der Waals surface area contributed by atoms with Crippen LogP contribution in [-0.2, 0) is 17.9 Å². The van der Waals surface area contributed by atoms with Gasteiger partial charge in [-0.15, -0.1) is 0 Å². The van der Waals surface area contributed by atoms with E-state index in [4.69, 9.17) is 23.9 Å². The van der Waals surface area contributed by atoms with Crippen LogP contribution >= 0.6 is 0 Å². The molecule has 11 nitrogen and oxygen atoms in total. The van der Waals surface area contributed by atoms with Crippen molar-refractivity contribution in [2.75, 3.05) is 45.3 Å². The van der Waals surface area contributed by atoms with E-state index < -0.39 is 0 Å². The van der Waals surface area contributed by atoms with Gasteiger partial charge in [0.05, 0.1) is 34.1 Å². The molecule has 11 heteroatoms. The summed E-state index contributed by atoms with van der Waals surface area (Å²) < 4.78 is 22.5. The number of amides is 1. The van der Waals surface area contributed by atoms with Crippen molar-refractivity contribution in [3.05, 3.63) is 89.9 Å². The van der Waals surface area contributed by atoms with Crippen molar-refractivity contribution in [1.29, 1.82) is 0 Å². The third-order valence-corrected chi connectivity index (χ3v) is 9.35. The molecule has 1 saturated carbocycles. The number of nitrogens with one attached hydrogen (secondary N) is 1. The van der Waals surface area contributed by atoms with Gasteiger partial charge in [-0.3, -0.25) is 9.78 Å². The number of aliphatic hydroxyl groups is 1. The van der Waals surface area contributed by atoms with Crippen LogP contribution in [0.3, 0.4) is 0 Å². The van der Waals surface area contributed by atoms with Crippen LogP contribution < -0.4 is 29.2 Å². The Balaban J connectivity index is 1.50. The minimum absolute atomic E-state index is 0.0128. The highest BCUT2D eigenvalue weighted by Gasteiger charge is 2.51. The predicted octanol–water partition coefficient (Wildman–Crippen LogP) is 6.05. The van der Waals surface area contributed by atoms with Crippen LogP contribution in [0.1, 0.15) is 23.6 Å². The lowest BCUT2D eigenvalue weighted by Gasteiger charge is -2.28. The van der Waals surface area contributed by atoms with Gasteiger partial charge in [-0.25, -0.2) is 9.97 Å². The van der Waals surface area contributed by atoms with Crippen LogP contribution in [0.2, 0.25) is 0 Å². The van der Waals surface area contributed by atoms with Crippen LogP contribution in [-0.4, -0.2) is 61.0 Å². The number of carbonyl (C=O) groups is 1. The van der Waals surface area contributed by atoms with E-state index in [0.717, 1.165) is 38.7 Å². The number of aliphatic hydroxyl groups excluding tert-OH is 1. The van der Waals surface area contributed by atoms with E-state index in [9.17, 15) is 9.90 Å². The van der Waals surface area contributed by atoms with Gasteiger partial charge in [0.15, 0.2) is 0 Å². The Morgan fingerprint density at radius 3 is 2.08 bits per heavy atom. The molecule has 0 aliphatic heterocycles. The Kier molecular flexibility index (Phi) is 9.82. The van der Waals surface area contributed by atoms with Gasteiger partial charge in [-0.1, -0.05) is 6.92 Å². The molecule has 3 atom stereocenters. The van der Waals surface area contributed by atoms with E-state index >= 15 is 0 Å². The summed E-state index contributed by atoms with van der Waals surface area (Å²) in [5.41, 5.74) is 4.47. The van der Waals surface area contributed by atoms with Crippen LogP contribution in [0.4, 0.5) is 11.6 Å². The number of aromatic nitrogens is 3. The maximum Gasteiger partial charge on any atom is 0.229 e. The maximum absolute atomic E-state index is 13.1. The van der Waals surface area contributed by atoms with Crippen molar-refractivity contribution >= 4 is 28.3 Å². The van der Waals surface area contributed by atoms with E-state index in [1.807, 2.05) is 74.6 Å². The van der Waals surface area contributed by atoms with Crippen LogP contribution in [0.15, 0.2) is 73.2 Å². The standard InChI is InChI=1S/C38H41N5O6/c1-22-11-12-39-17-29(22)32-13-26-14-35(42-38(45)36-23(2)31(36)21-44)40-18-30(26)37(41-32)43(19-24-7-9-27(46-3)15-33(24)48-5)20-25-8-10-28(47-4)16-34(25)49-6/h7-18,23,31,36,44H,19-21H2,1-6H3,(H,40,42,45). The van der Waals surface area contributed by atoms with Gasteiger partial charge in [0.25, 0.3) is 0 Å². The second kappa shape index (κ2) is 14.4. The van der Waals surface area contributed by atoms with Crippen molar-refractivity contribution in [2.24, 2.45) is 17.8 Å². The summed E-state index contributed by atoms with van der Waals surface area (Å²) in [6.45, 7) is 4.82. The lowest BCUT2D eigenvalue weighted by molar-refractivity contribution is -0.118. The minimum Gasteiger partial charge on any atom is -0.497 e. The molecule has 1 amide bonds. The highest BCUT2D eigenvalue weighted by atomic mass is 16.5. The summed E-state index contributed by atoms with van der Waals surface area (Å²) in [7, 11) is 6.52. The zero-order valence-corrected chi connectivity index (χ0v) is 28.6.